The highest BCUT2D eigenvalue weighted by molar-refractivity contribution is 5.73. The standard InChI is InChI=1S/C14H11F5N2/c1-7-2-3-8(6-9(7)14(17,18)19)21-13-11(20)5-4-10(15)12(13)16/h2-6,21H,20H2,1H3. The Morgan fingerprint density at radius 2 is 1.71 bits per heavy atom. The number of hydrogen-bond donors (Lipinski definition) is 2. The van der Waals surface area contributed by atoms with Crippen LogP contribution in [0.3, 0.4) is 0 Å². The number of aryl methyl sites for hydroxylation is 1. The maximum atomic E-state index is 13.6. The number of halogens is 5. The number of anilines is 3. The van der Waals surface area contributed by atoms with Crippen molar-refractivity contribution in [2.45, 2.75) is 13.1 Å². The fourth-order valence-corrected chi connectivity index (χ4v) is 1.84. The van der Waals surface area contributed by atoms with Gasteiger partial charge in [0.2, 0.25) is 0 Å². The van der Waals surface area contributed by atoms with Crippen LogP contribution in [-0.4, -0.2) is 0 Å². The van der Waals surface area contributed by atoms with Gasteiger partial charge >= 0.3 is 6.18 Å². The van der Waals surface area contributed by atoms with Gasteiger partial charge in [0.25, 0.3) is 0 Å². The summed E-state index contributed by atoms with van der Waals surface area (Å²) in [6.45, 7) is 1.31. The van der Waals surface area contributed by atoms with Crippen LogP contribution in [0.25, 0.3) is 0 Å². The lowest BCUT2D eigenvalue weighted by atomic mass is 10.1. The maximum absolute atomic E-state index is 13.6. The Hall–Kier alpha value is -2.31. The second-order valence-electron chi connectivity index (χ2n) is 4.48. The van der Waals surface area contributed by atoms with Gasteiger partial charge in [0.1, 0.15) is 5.69 Å². The summed E-state index contributed by atoms with van der Waals surface area (Å²) >= 11 is 0. The summed E-state index contributed by atoms with van der Waals surface area (Å²) in [6, 6.07) is 5.35. The van der Waals surface area contributed by atoms with Crippen LogP contribution in [0, 0.1) is 18.6 Å². The molecule has 0 radical (unpaired) electrons. The predicted octanol–water partition coefficient (Wildman–Crippen LogP) is 4.62. The van der Waals surface area contributed by atoms with Crippen LogP contribution in [0.5, 0.6) is 0 Å². The highest BCUT2D eigenvalue weighted by atomic mass is 19.4. The van der Waals surface area contributed by atoms with Gasteiger partial charge in [0, 0.05) is 5.69 Å². The van der Waals surface area contributed by atoms with Gasteiger partial charge in [0.05, 0.1) is 11.3 Å². The predicted molar refractivity (Wildman–Crippen MR) is 70.2 cm³/mol. The summed E-state index contributed by atoms with van der Waals surface area (Å²) in [7, 11) is 0. The van der Waals surface area contributed by atoms with E-state index in [0.29, 0.717) is 0 Å². The second-order valence-corrected chi connectivity index (χ2v) is 4.48. The fourth-order valence-electron chi connectivity index (χ4n) is 1.84. The molecular weight excluding hydrogens is 291 g/mol. The number of alkyl halides is 3. The number of nitrogens with two attached hydrogens (primary N) is 1. The molecule has 0 fully saturated rings. The van der Waals surface area contributed by atoms with E-state index >= 15 is 0 Å². The molecule has 2 nitrogen and oxygen atoms in total. The Morgan fingerprint density at radius 3 is 2.33 bits per heavy atom. The molecule has 0 heterocycles. The third kappa shape index (κ3) is 3.07. The Labute approximate surface area is 117 Å². The summed E-state index contributed by atoms with van der Waals surface area (Å²) in [6.07, 6.45) is -4.53. The van der Waals surface area contributed by atoms with Gasteiger partial charge in [-0.05, 0) is 36.8 Å². The zero-order valence-corrected chi connectivity index (χ0v) is 10.9. The number of nitrogen functional groups attached to an aromatic ring is 1. The normalized spacial score (nSPS) is 11.5. The van der Waals surface area contributed by atoms with E-state index < -0.39 is 29.1 Å². The molecule has 0 aliphatic rings. The number of benzene rings is 2. The first kappa shape index (κ1) is 15.1. The van der Waals surface area contributed by atoms with Crippen molar-refractivity contribution in [1.82, 2.24) is 0 Å². The third-order valence-electron chi connectivity index (χ3n) is 2.94. The minimum absolute atomic E-state index is 0.0285. The molecule has 0 amide bonds. The van der Waals surface area contributed by atoms with Gasteiger partial charge in [-0.3, -0.25) is 0 Å². The van der Waals surface area contributed by atoms with E-state index in [1.54, 1.807) is 0 Å². The molecule has 3 N–H and O–H groups in total. The van der Waals surface area contributed by atoms with Gasteiger partial charge in [0.15, 0.2) is 11.6 Å². The minimum Gasteiger partial charge on any atom is -0.397 e. The minimum atomic E-state index is -4.53. The zero-order valence-electron chi connectivity index (χ0n) is 10.9. The van der Waals surface area contributed by atoms with Crippen molar-refractivity contribution in [1.29, 1.82) is 0 Å². The molecule has 0 atom stereocenters. The third-order valence-corrected chi connectivity index (χ3v) is 2.94. The lowest BCUT2D eigenvalue weighted by Crippen LogP contribution is -2.08. The Bertz CT molecular complexity index is 680. The highest BCUT2D eigenvalue weighted by Gasteiger charge is 2.32. The SMILES string of the molecule is Cc1ccc(Nc2c(N)ccc(F)c2F)cc1C(F)(F)F. The largest absolute Gasteiger partial charge is 0.416 e. The molecule has 0 aromatic heterocycles. The average Bonchev–Trinajstić information content (AvgIpc) is 2.40. The van der Waals surface area contributed by atoms with Crippen molar-refractivity contribution in [2.75, 3.05) is 11.1 Å². The van der Waals surface area contributed by atoms with Crippen molar-refractivity contribution in [2.24, 2.45) is 0 Å². The van der Waals surface area contributed by atoms with Crippen LogP contribution in [0.2, 0.25) is 0 Å². The fraction of sp³-hybridized carbons (Fsp3) is 0.143. The highest BCUT2D eigenvalue weighted by Crippen LogP contribution is 2.35. The lowest BCUT2D eigenvalue weighted by Gasteiger charge is -2.15. The van der Waals surface area contributed by atoms with E-state index in [2.05, 4.69) is 5.32 Å². The summed E-state index contributed by atoms with van der Waals surface area (Å²) in [4.78, 5) is 0. The van der Waals surface area contributed by atoms with E-state index in [1.807, 2.05) is 0 Å². The summed E-state index contributed by atoms with van der Waals surface area (Å²) in [5.41, 5.74) is 4.13. The van der Waals surface area contributed by atoms with Crippen LogP contribution in [0.15, 0.2) is 30.3 Å². The molecular formula is C14H11F5N2. The quantitative estimate of drug-likeness (QED) is 0.627. The molecule has 0 spiro atoms. The molecule has 0 aliphatic carbocycles. The molecule has 2 aromatic rings. The summed E-state index contributed by atoms with van der Waals surface area (Å²) in [5.74, 6) is -2.39. The van der Waals surface area contributed by atoms with Crippen LogP contribution >= 0.6 is 0 Å². The summed E-state index contributed by atoms with van der Waals surface area (Å²) in [5, 5.41) is 2.38. The average molecular weight is 302 g/mol. The zero-order chi connectivity index (χ0) is 15.8. The number of nitrogens with one attached hydrogen (secondary N) is 1. The molecule has 112 valence electrons. The van der Waals surface area contributed by atoms with Gasteiger partial charge in [-0.1, -0.05) is 6.07 Å². The van der Waals surface area contributed by atoms with Crippen molar-refractivity contribution in [3.63, 3.8) is 0 Å². The van der Waals surface area contributed by atoms with Gasteiger partial charge in [-0.2, -0.15) is 13.2 Å². The van der Waals surface area contributed by atoms with Gasteiger partial charge in [-0.25, -0.2) is 8.78 Å². The van der Waals surface area contributed by atoms with Crippen LogP contribution in [0.1, 0.15) is 11.1 Å². The summed E-state index contributed by atoms with van der Waals surface area (Å²) < 4.78 is 65.2. The Kier molecular flexibility index (Phi) is 3.76. The molecule has 21 heavy (non-hydrogen) atoms. The number of hydrogen-bond acceptors (Lipinski definition) is 2. The Balaban J connectivity index is 2.44. The van der Waals surface area contributed by atoms with Crippen LogP contribution in [-0.2, 0) is 6.18 Å². The van der Waals surface area contributed by atoms with Crippen molar-refractivity contribution in [3.05, 3.63) is 53.1 Å². The van der Waals surface area contributed by atoms with Crippen LogP contribution < -0.4 is 11.1 Å². The molecule has 7 heteroatoms. The smallest absolute Gasteiger partial charge is 0.397 e. The number of rotatable bonds is 2. The van der Waals surface area contributed by atoms with E-state index in [1.165, 1.54) is 19.1 Å². The van der Waals surface area contributed by atoms with E-state index in [4.69, 9.17) is 5.73 Å². The first-order chi connectivity index (χ1) is 9.70. The first-order valence-electron chi connectivity index (χ1n) is 5.88. The lowest BCUT2D eigenvalue weighted by molar-refractivity contribution is -0.138. The molecule has 0 saturated heterocycles. The Morgan fingerprint density at radius 1 is 1.05 bits per heavy atom. The van der Waals surface area contributed by atoms with Crippen molar-refractivity contribution < 1.29 is 22.0 Å². The topological polar surface area (TPSA) is 38.0 Å². The maximum Gasteiger partial charge on any atom is 0.416 e. The van der Waals surface area contributed by atoms with Gasteiger partial charge < -0.3 is 11.1 Å². The first-order valence-corrected chi connectivity index (χ1v) is 5.88. The molecule has 0 aliphatic heterocycles. The monoisotopic (exact) mass is 302 g/mol. The molecule has 0 saturated carbocycles. The van der Waals surface area contributed by atoms with E-state index in [0.717, 1.165) is 18.2 Å². The van der Waals surface area contributed by atoms with E-state index in [-0.39, 0.29) is 16.9 Å². The molecule has 2 rings (SSSR count). The molecule has 2 aromatic carbocycles. The second kappa shape index (κ2) is 5.23. The molecule has 0 bridgehead atoms. The van der Waals surface area contributed by atoms with Gasteiger partial charge in [-0.15, -0.1) is 0 Å². The van der Waals surface area contributed by atoms with Crippen LogP contribution in [0.4, 0.5) is 39.0 Å². The van der Waals surface area contributed by atoms with E-state index in [9.17, 15) is 22.0 Å². The van der Waals surface area contributed by atoms with Crippen molar-refractivity contribution in [3.8, 4) is 0 Å². The van der Waals surface area contributed by atoms with Crippen molar-refractivity contribution >= 4 is 17.1 Å². The molecule has 0 unspecified atom stereocenters.